The molecule has 1 N–H and O–H groups in total. The Morgan fingerprint density at radius 3 is 2.72 bits per heavy atom. The molecule has 0 aliphatic heterocycles. The van der Waals surface area contributed by atoms with Gasteiger partial charge in [0.15, 0.2) is 5.78 Å². The third-order valence-electron chi connectivity index (χ3n) is 2.35. The normalized spacial score (nSPS) is 11.0. The fourth-order valence-corrected chi connectivity index (χ4v) is 1.42. The molecule has 88 valence electrons. The molecule has 5 heteroatoms. The van der Waals surface area contributed by atoms with Crippen LogP contribution in [0.25, 0.3) is 11.0 Å². The van der Waals surface area contributed by atoms with Crippen LogP contribution >= 0.6 is 0 Å². The number of nitriles is 1. The van der Waals surface area contributed by atoms with E-state index in [9.17, 15) is 4.79 Å². The van der Waals surface area contributed by atoms with Crippen molar-refractivity contribution in [3.8, 4) is 6.07 Å². The van der Waals surface area contributed by atoms with Crippen molar-refractivity contribution in [3.05, 3.63) is 42.4 Å². The number of rotatable bonds is 3. The SMILES string of the molecule is CC(=O)/C(C#N)=C/Nc1ccc2nccnc2c1. The van der Waals surface area contributed by atoms with Gasteiger partial charge in [-0.3, -0.25) is 14.8 Å². The third kappa shape index (κ3) is 2.50. The summed E-state index contributed by atoms with van der Waals surface area (Å²) < 4.78 is 0. The molecule has 0 aliphatic carbocycles. The van der Waals surface area contributed by atoms with Crippen LogP contribution in [0.3, 0.4) is 0 Å². The summed E-state index contributed by atoms with van der Waals surface area (Å²) in [6.45, 7) is 1.35. The number of ketones is 1. The molecule has 0 radical (unpaired) electrons. The lowest BCUT2D eigenvalue weighted by Gasteiger charge is -2.02. The smallest absolute Gasteiger partial charge is 0.171 e. The molecule has 1 heterocycles. The second-order valence-electron chi connectivity index (χ2n) is 3.63. The quantitative estimate of drug-likeness (QED) is 0.653. The Labute approximate surface area is 104 Å². The largest absolute Gasteiger partial charge is 0.360 e. The molecule has 0 bridgehead atoms. The van der Waals surface area contributed by atoms with Crippen LogP contribution in [0, 0.1) is 11.3 Å². The maximum Gasteiger partial charge on any atom is 0.171 e. The van der Waals surface area contributed by atoms with Crippen LogP contribution in [0.15, 0.2) is 42.4 Å². The van der Waals surface area contributed by atoms with Crippen molar-refractivity contribution < 1.29 is 4.79 Å². The standard InChI is InChI=1S/C13H10N4O/c1-9(18)10(7-14)8-17-11-2-3-12-13(6-11)16-5-4-15-12/h2-6,8,17H,1H3/b10-8+. The van der Waals surface area contributed by atoms with Crippen molar-refractivity contribution in [2.45, 2.75) is 6.92 Å². The summed E-state index contributed by atoms with van der Waals surface area (Å²) in [4.78, 5) is 19.4. The highest BCUT2D eigenvalue weighted by Crippen LogP contribution is 2.15. The summed E-state index contributed by atoms with van der Waals surface area (Å²) in [7, 11) is 0. The molecule has 5 nitrogen and oxygen atoms in total. The molecule has 0 amide bonds. The molecule has 0 saturated heterocycles. The maximum atomic E-state index is 11.1. The first-order chi connectivity index (χ1) is 8.70. The number of hydrogen-bond donors (Lipinski definition) is 1. The van der Waals surface area contributed by atoms with Gasteiger partial charge in [-0.2, -0.15) is 5.26 Å². The van der Waals surface area contributed by atoms with E-state index in [0.29, 0.717) is 0 Å². The van der Waals surface area contributed by atoms with Gasteiger partial charge < -0.3 is 5.32 Å². The molecular formula is C13H10N4O. The Hall–Kier alpha value is -2.74. The van der Waals surface area contributed by atoms with Crippen LogP contribution in [0.4, 0.5) is 5.69 Å². The first kappa shape index (κ1) is 11.7. The van der Waals surface area contributed by atoms with Gasteiger partial charge in [0.2, 0.25) is 0 Å². The van der Waals surface area contributed by atoms with E-state index in [-0.39, 0.29) is 11.4 Å². The Balaban J connectivity index is 2.28. The van der Waals surface area contributed by atoms with Gasteiger partial charge in [-0.15, -0.1) is 0 Å². The number of nitrogens with zero attached hydrogens (tertiary/aromatic N) is 3. The first-order valence-electron chi connectivity index (χ1n) is 5.29. The van der Waals surface area contributed by atoms with E-state index in [0.717, 1.165) is 16.7 Å². The number of hydrogen-bond acceptors (Lipinski definition) is 5. The molecule has 0 fully saturated rings. The number of allylic oxidation sites excluding steroid dienone is 1. The van der Waals surface area contributed by atoms with E-state index in [1.54, 1.807) is 18.5 Å². The second kappa shape index (κ2) is 5.06. The second-order valence-corrected chi connectivity index (χ2v) is 3.63. The summed E-state index contributed by atoms with van der Waals surface area (Å²) in [5.74, 6) is -0.273. The molecule has 18 heavy (non-hydrogen) atoms. The predicted octanol–water partition coefficient (Wildman–Crippen LogP) is 2.04. The van der Waals surface area contributed by atoms with Crippen molar-refractivity contribution in [3.63, 3.8) is 0 Å². The van der Waals surface area contributed by atoms with Crippen molar-refractivity contribution in [2.24, 2.45) is 0 Å². The van der Waals surface area contributed by atoms with E-state index >= 15 is 0 Å². The number of fused-ring (bicyclic) bond motifs is 1. The van der Waals surface area contributed by atoms with Crippen molar-refractivity contribution in [1.82, 2.24) is 9.97 Å². The highest BCUT2D eigenvalue weighted by Gasteiger charge is 2.01. The molecule has 1 aromatic carbocycles. The Bertz CT molecular complexity index is 670. The zero-order valence-electron chi connectivity index (χ0n) is 9.71. The van der Waals surface area contributed by atoms with Gasteiger partial charge in [-0.25, -0.2) is 0 Å². The Morgan fingerprint density at radius 1 is 1.33 bits per heavy atom. The number of aromatic nitrogens is 2. The maximum absolute atomic E-state index is 11.1. The molecular weight excluding hydrogens is 228 g/mol. The number of Topliss-reactive ketones (excluding diaryl/α,β-unsaturated/α-hetero) is 1. The van der Waals surface area contributed by atoms with Gasteiger partial charge in [-0.1, -0.05) is 0 Å². The number of carbonyl (C=O) groups is 1. The highest BCUT2D eigenvalue weighted by molar-refractivity contribution is 5.97. The summed E-state index contributed by atoms with van der Waals surface area (Å²) >= 11 is 0. The Kier molecular flexibility index (Phi) is 3.30. The van der Waals surface area contributed by atoms with Crippen LogP contribution in [0.2, 0.25) is 0 Å². The van der Waals surface area contributed by atoms with Crippen LogP contribution in [-0.2, 0) is 4.79 Å². The summed E-state index contributed by atoms with van der Waals surface area (Å²) in [6, 6.07) is 7.26. The number of carbonyl (C=O) groups excluding carboxylic acids is 1. The first-order valence-corrected chi connectivity index (χ1v) is 5.29. The fourth-order valence-electron chi connectivity index (χ4n) is 1.42. The third-order valence-corrected chi connectivity index (χ3v) is 2.35. The van der Waals surface area contributed by atoms with Gasteiger partial charge in [-0.05, 0) is 25.1 Å². The van der Waals surface area contributed by atoms with E-state index < -0.39 is 0 Å². The molecule has 0 spiro atoms. The minimum absolute atomic E-state index is 0.0780. The van der Waals surface area contributed by atoms with Gasteiger partial charge >= 0.3 is 0 Å². The molecule has 0 saturated carbocycles. The molecule has 1 aromatic heterocycles. The van der Waals surface area contributed by atoms with Gasteiger partial charge in [0.1, 0.15) is 11.6 Å². The van der Waals surface area contributed by atoms with Gasteiger partial charge in [0.25, 0.3) is 0 Å². The van der Waals surface area contributed by atoms with Crippen molar-refractivity contribution in [1.29, 1.82) is 5.26 Å². The Morgan fingerprint density at radius 2 is 2.06 bits per heavy atom. The van der Waals surface area contributed by atoms with E-state index in [1.165, 1.54) is 13.1 Å². The summed E-state index contributed by atoms with van der Waals surface area (Å²) in [6.07, 6.45) is 4.62. The fraction of sp³-hybridized carbons (Fsp3) is 0.0769. The lowest BCUT2D eigenvalue weighted by atomic mass is 10.2. The van der Waals surface area contributed by atoms with Crippen LogP contribution in [0.1, 0.15) is 6.92 Å². The topological polar surface area (TPSA) is 78.7 Å². The minimum atomic E-state index is -0.273. The average molecular weight is 238 g/mol. The molecule has 2 rings (SSSR count). The average Bonchev–Trinajstić information content (AvgIpc) is 2.39. The van der Waals surface area contributed by atoms with Crippen LogP contribution in [0.5, 0.6) is 0 Å². The van der Waals surface area contributed by atoms with E-state index in [4.69, 9.17) is 5.26 Å². The zero-order valence-corrected chi connectivity index (χ0v) is 9.71. The summed E-state index contributed by atoms with van der Waals surface area (Å²) in [5, 5.41) is 11.6. The van der Waals surface area contributed by atoms with Crippen molar-refractivity contribution >= 4 is 22.5 Å². The number of benzene rings is 1. The predicted molar refractivity (Wildman–Crippen MR) is 67.5 cm³/mol. The molecule has 0 unspecified atom stereocenters. The van der Waals surface area contributed by atoms with Crippen LogP contribution < -0.4 is 5.32 Å². The number of anilines is 1. The zero-order chi connectivity index (χ0) is 13.0. The molecule has 2 aromatic rings. The minimum Gasteiger partial charge on any atom is -0.360 e. The summed E-state index contributed by atoms with van der Waals surface area (Å²) in [5.41, 5.74) is 2.36. The lowest BCUT2D eigenvalue weighted by molar-refractivity contribution is -0.113. The monoisotopic (exact) mass is 238 g/mol. The lowest BCUT2D eigenvalue weighted by Crippen LogP contribution is -1.98. The van der Waals surface area contributed by atoms with Gasteiger partial charge in [0.05, 0.1) is 11.0 Å². The van der Waals surface area contributed by atoms with Gasteiger partial charge in [0, 0.05) is 24.3 Å². The van der Waals surface area contributed by atoms with E-state index in [2.05, 4.69) is 15.3 Å². The van der Waals surface area contributed by atoms with Crippen molar-refractivity contribution in [2.75, 3.05) is 5.32 Å². The van der Waals surface area contributed by atoms with Crippen LogP contribution in [-0.4, -0.2) is 15.8 Å². The molecule has 0 aliphatic rings. The molecule has 0 atom stereocenters. The number of nitrogens with one attached hydrogen (secondary N) is 1. The van der Waals surface area contributed by atoms with E-state index in [1.807, 2.05) is 18.2 Å². The highest BCUT2D eigenvalue weighted by atomic mass is 16.1.